The van der Waals surface area contributed by atoms with Gasteiger partial charge in [0.05, 0.1) is 0 Å². The van der Waals surface area contributed by atoms with Gasteiger partial charge in [0.15, 0.2) is 0 Å². The van der Waals surface area contributed by atoms with Crippen LogP contribution in [0.1, 0.15) is 0 Å². The number of aromatic nitrogens is 2. The molecule has 2 aromatic heterocycles. The summed E-state index contributed by atoms with van der Waals surface area (Å²) in [5, 5.41) is 1.63. The van der Waals surface area contributed by atoms with Gasteiger partial charge in [-0.2, -0.15) is 0 Å². The van der Waals surface area contributed by atoms with Crippen LogP contribution in [0.4, 0.5) is 0 Å². The molecule has 0 aliphatic carbocycles. The molecule has 3 nitrogen and oxygen atoms in total. The third-order valence-corrected chi connectivity index (χ3v) is 3.47. The normalized spacial score (nSPS) is 10.6. The molecule has 2 heterocycles. The summed E-state index contributed by atoms with van der Waals surface area (Å²) >= 11 is 9.29. The Labute approximate surface area is 123 Å². The predicted molar refractivity (Wildman–Crippen MR) is 78.8 cm³/mol. The van der Waals surface area contributed by atoms with E-state index in [0.29, 0.717) is 22.2 Å². The van der Waals surface area contributed by atoms with Crippen molar-refractivity contribution in [1.29, 1.82) is 0 Å². The van der Waals surface area contributed by atoms with Gasteiger partial charge in [-0.3, -0.25) is 4.98 Å². The van der Waals surface area contributed by atoms with Crippen LogP contribution in [0.5, 0.6) is 11.6 Å². The third kappa shape index (κ3) is 2.55. The van der Waals surface area contributed by atoms with E-state index in [9.17, 15) is 0 Å². The van der Waals surface area contributed by atoms with Crippen LogP contribution in [-0.4, -0.2) is 9.97 Å². The highest BCUT2D eigenvalue weighted by atomic mass is 79.9. The molecule has 3 aromatic rings. The first-order chi connectivity index (χ1) is 9.24. The number of hydrogen-bond donors (Lipinski definition) is 0. The quantitative estimate of drug-likeness (QED) is 0.672. The van der Waals surface area contributed by atoms with Crippen molar-refractivity contribution in [2.45, 2.75) is 0 Å². The van der Waals surface area contributed by atoms with Crippen molar-refractivity contribution in [3.05, 3.63) is 58.3 Å². The van der Waals surface area contributed by atoms with E-state index in [-0.39, 0.29) is 0 Å². The first-order valence-corrected chi connectivity index (χ1v) is 6.74. The second kappa shape index (κ2) is 5.15. The number of rotatable bonds is 2. The van der Waals surface area contributed by atoms with Crippen LogP contribution in [0.25, 0.3) is 10.9 Å². The largest absolute Gasteiger partial charge is 0.437 e. The van der Waals surface area contributed by atoms with Gasteiger partial charge < -0.3 is 4.74 Å². The molecule has 5 heteroatoms. The zero-order chi connectivity index (χ0) is 13.2. The van der Waals surface area contributed by atoms with E-state index >= 15 is 0 Å². The van der Waals surface area contributed by atoms with Crippen LogP contribution in [0.3, 0.4) is 0 Å². The highest BCUT2D eigenvalue weighted by Gasteiger charge is 2.09. The molecular formula is C14H8BrClN2O. The molecule has 0 radical (unpaired) electrons. The van der Waals surface area contributed by atoms with Crippen molar-refractivity contribution in [3.63, 3.8) is 0 Å². The maximum atomic E-state index is 5.84. The molecule has 0 saturated heterocycles. The summed E-state index contributed by atoms with van der Waals surface area (Å²) in [7, 11) is 0. The molecule has 3 rings (SSSR count). The fourth-order valence-corrected chi connectivity index (χ4v) is 2.25. The van der Waals surface area contributed by atoms with E-state index in [4.69, 9.17) is 16.3 Å². The molecule has 0 bridgehead atoms. The van der Waals surface area contributed by atoms with E-state index in [2.05, 4.69) is 25.9 Å². The summed E-state index contributed by atoms with van der Waals surface area (Å²) in [5.41, 5.74) is 0.715. The molecule has 0 fully saturated rings. The third-order valence-electron chi connectivity index (χ3n) is 2.59. The number of hydrogen-bond acceptors (Lipinski definition) is 3. The second-order valence-electron chi connectivity index (χ2n) is 3.87. The van der Waals surface area contributed by atoms with Crippen molar-refractivity contribution < 1.29 is 4.74 Å². The van der Waals surface area contributed by atoms with Crippen LogP contribution in [0.2, 0.25) is 5.02 Å². The van der Waals surface area contributed by atoms with Crippen molar-refractivity contribution in [3.8, 4) is 11.6 Å². The number of halogens is 2. The van der Waals surface area contributed by atoms with Crippen LogP contribution >= 0.6 is 27.5 Å². The maximum absolute atomic E-state index is 5.84. The number of ether oxygens (including phenoxy) is 1. The van der Waals surface area contributed by atoms with E-state index in [1.54, 1.807) is 36.7 Å². The zero-order valence-electron chi connectivity index (χ0n) is 9.68. The molecule has 0 atom stereocenters. The lowest BCUT2D eigenvalue weighted by molar-refractivity contribution is 0.468. The van der Waals surface area contributed by atoms with Crippen LogP contribution < -0.4 is 4.74 Å². The Balaban J connectivity index is 2.06. The van der Waals surface area contributed by atoms with E-state index in [1.807, 2.05) is 12.1 Å². The van der Waals surface area contributed by atoms with Gasteiger partial charge in [0.25, 0.3) is 0 Å². The Morgan fingerprint density at radius 3 is 2.63 bits per heavy atom. The first kappa shape index (κ1) is 12.4. The highest BCUT2D eigenvalue weighted by Crippen LogP contribution is 2.30. The summed E-state index contributed by atoms with van der Waals surface area (Å²) in [6.07, 6.45) is 3.42. The molecule has 0 amide bonds. The maximum Gasteiger partial charge on any atom is 0.246 e. The van der Waals surface area contributed by atoms with E-state index in [1.165, 1.54) is 0 Å². The average Bonchev–Trinajstić information content (AvgIpc) is 2.45. The highest BCUT2D eigenvalue weighted by molar-refractivity contribution is 9.10. The lowest BCUT2D eigenvalue weighted by Gasteiger charge is -2.08. The minimum absolute atomic E-state index is 0.473. The number of nitrogens with zero attached hydrogens (tertiary/aromatic N) is 2. The standard InChI is InChI=1S/C14H8BrClN2O/c15-12-8-18-14(13-11(12)2-1-7-17-13)19-10-5-3-9(16)4-6-10/h1-8H. The number of pyridine rings is 2. The van der Waals surface area contributed by atoms with E-state index in [0.717, 1.165) is 9.86 Å². The fourth-order valence-electron chi connectivity index (χ4n) is 1.70. The fraction of sp³-hybridized carbons (Fsp3) is 0. The molecule has 0 N–H and O–H groups in total. The summed E-state index contributed by atoms with van der Waals surface area (Å²) in [4.78, 5) is 8.57. The summed E-state index contributed by atoms with van der Waals surface area (Å²) in [6, 6.07) is 11.0. The molecule has 94 valence electrons. The molecule has 0 saturated carbocycles. The summed E-state index contributed by atoms with van der Waals surface area (Å²) < 4.78 is 6.64. The van der Waals surface area contributed by atoms with Gasteiger partial charge in [-0.25, -0.2) is 4.98 Å². The Hall–Kier alpha value is -1.65. The van der Waals surface area contributed by atoms with Gasteiger partial charge >= 0.3 is 0 Å². The molecule has 0 aliphatic heterocycles. The topological polar surface area (TPSA) is 35.0 Å². The first-order valence-electron chi connectivity index (χ1n) is 5.57. The minimum Gasteiger partial charge on any atom is -0.437 e. The van der Waals surface area contributed by atoms with E-state index < -0.39 is 0 Å². The van der Waals surface area contributed by atoms with Crippen molar-refractivity contribution in [1.82, 2.24) is 9.97 Å². The van der Waals surface area contributed by atoms with Gasteiger partial charge in [-0.05, 0) is 52.3 Å². The van der Waals surface area contributed by atoms with Gasteiger partial charge in [0, 0.05) is 27.3 Å². The van der Waals surface area contributed by atoms with Gasteiger partial charge in [-0.1, -0.05) is 11.6 Å². The Bertz CT molecular complexity index is 731. The summed E-state index contributed by atoms with van der Waals surface area (Å²) in [6.45, 7) is 0. The second-order valence-corrected chi connectivity index (χ2v) is 5.16. The smallest absolute Gasteiger partial charge is 0.246 e. The lowest BCUT2D eigenvalue weighted by Crippen LogP contribution is -1.91. The van der Waals surface area contributed by atoms with Gasteiger partial charge in [-0.15, -0.1) is 0 Å². The van der Waals surface area contributed by atoms with Gasteiger partial charge in [0.2, 0.25) is 5.88 Å². The monoisotopic (exact) mass is 334 g/mol. The molecule has 19 heavy (non-hydrogen) atoms. The van der Waals surface area contributed by atoms with Crippen molar-refractivity contribution in [2.24, 2.45) is 0 Å². The Kier molecular flexibility index (Phi) is 3.36. The number of fused-ring (bicyclic) bond motifs is 1. The molecule has 0 spiro atoms. The van der Waals surface area contributed by atoms with Crippen molar-refractivity contribution in [2.75, 3.05) is 0 Å². The van der Waals surface area contributed by atoms with Gasteiger partial charge in [0.1, 0.15) is 11.3 Å². The lowest BCUT2D eigenvalue weighted by atomic mass is 10.2. The predicted octanol–water partition coefficient (Wildman–Crippen LogP) is 4.84. The van der Waals surface area contributed by atoms with Crippen molar-refractivity contribution >= 4 is 38.4 Å². The Morgan fingerprint density at radius 2 is 1.84 bits per heavy atom. The Morgan fingerprint density at radius 1 is 1.05 bits per heavy atom. The molecule has 1 aromatic carbocycles. The average molecular weight is 336 g/mol. The van der Waals surface area contributed by atoms with Crippen LogP contribution in [0, 0.1) is 0 Å². The summed E-state index contributed by atoms with van der Waals surface area (Å²) in [5.74, 6) is 1.15. The molecular weight excluding hydrogens is 328 g/mol. The molecule has 0 unspecified atom stereocenters. The SMILES string of the molecule is Clc1ccc(Oc2ncc(Br)c3cccnc23)cc1. The van der Waals surface area contributed by atoms with Crippen LogP contribution in [-0.2, 0) is 0 Å². The minimum atomic E-state index is 0.473. The number of benzene rings is 1. The van der Waals surface area contributed by atoms with Crippen LogP contribution in [0.15, 0.2) is 53.3 Å². The molecule has 0 aliphatic rings. The zero-order valence-corrected chi connectivity index (χ0v) is 12.0.